The maximum Gasteiger partial charge on any atom is 0.251 e. The average Bonchev–Trinajstić information content (AvgIpc) is 3.23. The summed E-state index contributed by atoms with van der Waals surface area (Å²) in [7, 11) is 0. The molecule has 3 aromatic carbocycles. The lowest BCUT2D eigenvalue weighted by atomic mass is 9.97. The summed E-state index contributed by atoms with van der Waals surface area (Å²) in [5.74, 6) is -0.111. The molecule has 0 atom stereocenters. The van der Waals surface area contributed by atoms with Crippen molar-refractivity contribution in [3.05, 3.63) is 89.2 Å². The van der Waals surface area contributed by atoms with Crippen LogP contribution in [0.4, 0.5) is 4.39 Å². The topological polar surface area (TPSA) is 49.3 Å². The highest BCUT2D eigenvalue weighted by Gasteiger charge is 2.18. The van der Waals surface area contributed by atoms with Gasteiger partial charge in [0.2, 0.25) is 0 Å². The third-order valence-electron chi connectivity index (χ3n) is 5.53. The first-order valence-corrected chi connectivity index (χ1v) is 10.1. The lowest BCUT2D eigenvalue weighted by Gasteiger charge is -2.13. The van der Waals surface area contributed by atoms with E-state index in [9.17, 15) is 14.3 Å². The second-order valence-corrected chi connectivity index (χ2v) is 7.68. The van der Waals surface area contributed by atoms with Crippen LogP contribution in [-0.4, -0.2) is 17.1 Å². The summed E-state index contributed by atoms with van der Waals surface area (Å²) >= 11 is 0. The number of nitrogens with one attached hydrogen (secondary N) is 1. The van der Waals surface area contributed by atoms with Crippen molar-refractivity contribution in [3.63, 3.8) is 0 Å². The Bertz CT molecular complexity index is 1010. The van der Waals surface area contributed by atoms with E-state index in [-0.39, 0.29) is 23.5 Å². The molecule has 1 aliphatic carbocycles. The molecule has 0 spiro atoms. The quantitative estimate of drug-likeness (QED) is 0.609. The molecule has 29 heavy (non-hydrogen) atoms. The fourth-order valence-corrected chi connectivity index (χ4v) is 3.93. The standard InChI is InChI=1S/C25H24FNO2/c26-22-11-8-18(9-12-22)19-10-13-24(28)21(16-19)15-17-4-3-5-20(14-17)25(29)27-23-6-1-2-7-23/h3-5,8-14,16,23,28H,1-2,6-7,15H2,(H,27,29). The van der Waals surface area contributed by atoms with E-state index in [2.05, 4.69) is 5.32 Å². The molecule has 0 aromatic heterocycles. The number of hydrogen-bond donors (Lipinski definition) is 2. The Kier molecular flexibility index (Phi) is 5.61. The average molecular weight is 389 g/mol. The second-order valence-electron chi connectivity index (χ2n) is 7.68. The molecule has 1 aliphatic rings. The van der Waals surface area contributed by atoms with Gasteiger partial charge in [0.15, 0.2) is 0 Å². The first-order chi connectivity index (χ1) is 14.1. The van der Waals surface area contributed by atoms with Crippen molar-refractivity contribution in [2.45, 2.75) is 38.1 Å². The zero-order chi connectivity index (χ0) is 20.2. The molecule has 3 aromatic rings. The molecule has 0 bridgehead atoms. The third kappa shape index (κ3) is 4.65. The van der Waals surface area contributed by atoms with Gasteiger partial charge >= 0.3 is 0 Å². The predicted molar refractivity (Wildman–Crippen MR) is 112 cm³/mol. The number of rotatable bonds is 5. The Morgan fingerprint density at radius 3 is 2.45 bits per heavy atom. The van der Waals surface area contributed by atoms with Crippen LogP contribution in [0.2, 0.25) is 0 Å². The highest BCUT2D eigenvalue weighted by molar-refractivity contribution is 5.94. The molecule has 148 valence electrons. The summed E-state index contributed by atoms with van der Waals surface area (Å²) in [5.41, 5.74) is 4.16. The number of hydrogen-bond acceptors (Lipinski definition) is 2. The van der Waals surface area contributed by atoms with Crippen LogP contribution in [0.15, 0.2) is 66.7 Å². The summed E-state index contributed by atoms with van der Waals surface area (Å²) < 4.78 is 13.2. The molecule has 0 radical (unpaired) electrons. The lowest BCUT2D eigenvalue weighted by Crippen LogP contribution is -2.32. The molecule has 4 rings (SSSR count). The Balaban J connectivity index is 1.53. The molecule has 1 amide bonds. The lowest BCUT2D eigenvalue weighted by molar-refractivity contribution is 0.0938. The summed E-state index contributed by atoms with van der Waals surface area (Å²) in [6.45, 7) is 0. The summed E-state index contributed by atoms with van der Waals surface area (Å²) in [6, 6.07) is 19.5. The van der Waals surface area contributed by atoms with Crippen molar-refractivity contribution in [1.82, 2.24) is 5.32 Å². The largest absolute Gasteiger partial charge is 0.508 e. The van der Waals surface area contributed by atoms with Crippen LogP contribution in [0.1, 0.15) is 47.2 Å². The molecule has 2 N–H and O–H groups in total. The Hall–Kier alpha value is -3.14. The van der Waals surface area contributed by atoms with E-state index < -0.39 is 0 Å². The number of carbonyl (C=O) groups excluding carboxylic acids is 1. The molecule has 0 saturated heterocycles. The van der Waals surface area contributed by atoms with Gasteiger partial charge in [-0.25, -0.2) is 4.39 Å². The molecule has 0 aliphatic heterocycles. The molecule has 3 nitrogen and oxygen atoms in total. The van der Waals surface area contributed by atoms with Gasteiger partial charge in [0.25, 0.3) is 5.91 Å². The zero-order valence-corrected chi connectivity index (χ0v) is 16.2. The highest BCUT2D eigenvalue weighted by atomic mass is 19.1. The van der Waals surface area contributed by atoms with Crippen molar-refractivity contribution in [3.8, 4) is 16.9 Å². The minimum Gasteiger partial charge on any atom is -0.508 e. The number of phenolic OH excluding ortho intramolecular Hbond substituents is 1. The highest BCUT2D eigenvalue weighted by Crippen LogP contribution is 2.28. The van der Waals surface area contributed by atoms with E-state index in [4.69, 9.17) is 0 Å². The van der Waals surface area contributed by atoms with Gasteiger partial charge in [-0.2, -0.15) is 0 Å². The van der Waals surface area contributed by atoms with Crippen LogP contribution in [0.3, 0.4) is 0 Å². The number of aromatic hydroxyl groups is 1. The Labute approximate surface area is 170 Å². The number of carbonyl (C=O) groups is 1. The van der Waals surface area contributed by atoms with E-state index in [1.54, 1.807) is 18.2 Å². The molecule has 0 heterocycles. The Morgan fingerprint density at radius 2 is 1.69 bits per heavy atom. The van der Waals surface area contributed by atoms with E-state index in [0.717, 1.165) is 35.1 Å². The van der Waals surface area contributed by atoms with Crippen molar-refractivity contribution in [2.24, 2.45) is 0 Å². The SMILES string of the molecule is O=C(NC1CCCC1)c1cccc(Cc2cc(-c3ccc(F)cc3)ccc2O)c1. The van der Waals surface area contributed by atoms with Gasteiger partial charge in [-0.3, -0.25) is 4.79 Å². The van der Waals surface area contributed by atoms with E-state index >= 15 is 0 Å². The fraction of sp³-hybridized carbons (Fsp3) is 0.240. The van der Waals surface area contributed by atoms with Crippen molar-refractivity contribution < 1.29 is 14.3 Å². The van der Waals surface area contributed by atoms with Gasteiger partial charge in [0.05, 0.1) is 0 Å². The van der Waals surface area contributed by atoms with E-state index in [0.29, 0.717) is 12.0 Å². The van der Waals surface area contributed by atoms with Gasteiger partial charge in [-0.1, -0.05) is 43.2 Å². The van der Waals surface area contributed by atoms with Crippen LogP contribution < -0.4 is 5.32 Å². The summed E-state index contributed by atoms with van der Waals surface area (Å²) in [6.07, 6.45) is 4.96. The number of amides is 1. The number of halogens is 1. The second kappa shape index (κ2) is 8.48. The maximum atomic E-state index is 13.2. The predicted octanol–water partition coefficient (Wildman–Crippen LogP) is 5.46. The van der Waals surface area contributed by atoms with Crippen LogP contribution in [0, 0.1) is 5.82 Å². The van der Waals surface area contributed by atoms with Gasteiger partial charge < -0.3 is 10.4 Å². The molecule has 1 fully saturated rings. The fourth-order valence-electron chi connectivity index (χ4n) is 3.93. The maximum absolute atomic E-state index is 13.2. The molecule has 1 saturated carbocycles. The van der Waals surface area contributed by atoms with Crippen molar-refractivity contribution >= 4 is 5.91 Å². The van der Waals surface area contributed by atoms with Crippen molar-refractivity contribution in [2.75, 3.05) is 0 Å². The summed E-state index contributed by atoms with van der Waals surface area (Å²) in [5, 5.41) is 13.4. The monoisotopic (exact) mass is 389 g/mol. The van der Waals surface area contributed by atoms with Crippen LogP contribution in [-0.2, 0) is 6.42 Å². The minimum atomic E-state index is -0.277. The van der Waals surface area contributed by atoms with Crippen LogP contribution in [0.5, 0.6) is 5.75 Å². The summed E-state index contributed by atoms with van der Waals surface area (Å²) in [4.78, 5) is 12.5. The number of phenols is 1. The van der Waals surface area contributed by atoms with Gasteiger partial charge in [-0.05, 0) is 71.5 Å². The normalized spacial score (nSPS) is 14.1. The van der Waals surface area contributed by atoms with Crippen molar-refractivity contribution in [1.29, 1.82) is 0 Å². The first kappa shape index (κ1) is 19.2. The first-order valence-electron chi connectivity index (χ1n) is 10.1. The van der Waals surface area contributed by atoms with E-state index in [1.807, 2.05) is 36.4 Å². The third-order valence-corrected chi connectivity index (χ3v) is 5.53. The van der Waals surface area contributed by atoms with Gasteiger partial charge in [0.1, 0.15) is 11.6 Å². The number of benzene rings is 3. The van der Waals surface area contributed by atoms with E-state index in [1.165, 1.54) is 25.0 Å². The van der Waals surface area contributed by atoms with Crippen LogP contribution >= 0.6 is 0 Å². The zero-order valence-electron chi connectivity index (χ0n) is 16.2. The van der Waals surface area contributed by atoms with Gasteiger partial charge in [-0.15, -0.1) is 0 Å². The van der Waals surface area contributed by atoms with Gasteiger partial charge in [0, 0.05) is 18.0 Å². The molecular weight excluding hydrogens is 365 g/mol. The minimum absolute atomic E-state index is 0.0389. The smallest absolute Gasteiger partial charge is 0.251 e. The molecule has 4 heteroatoms. The molecule has 0 unspecified atom stereocenters. The molecular formula is C25H24FNO2. The Morgan fingerprint density at radius 1 is 0.966 bits per heavy atom. The van der Waals surface area contributed by atoms with Crippen LogP contribution in [0.25, 0.3) is 11.1 Å².